The van der Waals surface area contributed by atoms with E-state index in [1.54, 1.807) is 30.5 Å². The van der Waals surface area contributed by atoms with Crippen LogP contribution in [-0.2, 0) is 34.0 Å². The topological polar surface area (TPSA) is 80.6 Å². The Labute approximate surface area is 167 Å². The molecule has 29 heavy (non-hydrogen) atoms. The third-order valence-electron chi connectivity index (χ3n) is 4.00. The summed E-state index contributed by atoms with van der Waals surface area (Å²) >= 11 is 0. The average molecular weight is 396 g/mol. The number of benzene rings is 2. The first-order chi connectivity index (χ1) is 14.1. The second kappa shape index (κ2) is 10.2. The van der Waals surface area contributed by atoms with E-state index in [0.29, 0.717) is 24.5 Å². The minimum atomic E-state index is -0.402. The number of carbonyl (C=O) groups excluding carboxylic acids is 2. The van der Waals surface area contributed by atoms with Gasteiger partial charge < -0.3 is 19.8 Å². The molecule has 0 radical (unpaired) electrons. The van der Waals surface area contributed by atoms with Crippen molar-refractivity contribution in [1.82, 2.24) is 5.32 Å². The molecular weight excluding hydrogens is 375 g/mol. The highest BCUT2D eigenvalue weighted by Crippen LogP contribution is 2.13. The van der Waals surface area contributed by atoms with Crippen LogP contribution >= 0.6 is 0 Å². The van der Waals surface area contributed by atoms with Crippen LogP contribution < -0.4 is 10.6 Å². The van der Waals surface area contributed by atoms with Crippen molar-refractivity contribution >= 4 is 17.5 Å². The summed E-state index contributed by atoms with van der Waals surface area (Å²) in [5.74, 6) is -0.374. The van der Waals surface area contributed by atoms with E-state index >= 15 is 0 Å². The molecule has 0 spiro atoms. The average Bonchev–Trinajstić information content (AvgIpc) is 3.20. The number of rotatable bonds is 9. The lowest BCUT2D eigenvalue weighted by atomic mass is 10.1. The summed E-state index contributed by atoms with van der Waals surface area (Å²) in [7, 11) is 0. The third-order valence-corrected chi connectivity index (χ3v) is 4.00. The number of amides is 2. The highest BCUT2D eigenvalue weighted by molar-refractivity contribution is 5.94. The monoisotopic (exact) mass is 396 g/mol. The largest absolute Gasteiger partial charge is 0.467 e. The summed E-state index contributed by atoms with van der Waals surface area (Å²) in [4.78, 5) is 24.0. The summed E-state index contributed by atoms with van der Waals surface area (Å²) in [6.45, 7) is 0.559. The zero-order valence-corrected chi connectivity index (χ0v) is 15.7. The summed E-state index contributed by atoms with van der Waals surface area (Å²) in [5.41, 5.74) is 2.04. The summed E-state index contributed by atoms with van der Waals surface area (Å²) in [6, 6.07) is 16.7. The molecule has 0 fully saturated rings. The first-order valence-corrected chi connectivity index (χ1v) is 9.08. The van der Waals surface area contributed by atoms with Crippen LogP contribution in [0.4, 0.5) is 10.1 Å². The Bertz CT molecular complexity index is 957. The molecule has 0 unspecified atom stereocenters. The van der Waals surface area contributed by atoms with Crippen LogP contribution in [0.15, 0.2) is 71.3 Å². The number of anilines is 1. The number of ether oxygens (including phenoxy) is 1. The van der Waals surface area contributed by atoms with Crippen molar-refractivity contribution in [3.8, 4) is 0 Å². The fraction of sp³-hybridized carbons (Fsp3) is 0.182. The molecule has 0 aliphatic carbocycles. The van der Waals surface area contributed by atoms with Crippen molar-refractivity contribution < 1.29 is 23.1 Å². The van der Waals surface area contributed by atoms with E-state index in [1.165, 1.54) is 18.2 Å². The van der Waals surface area contributed by atoms with Crippen LogP contribution in [0.5, 0.6) is 0 Å². The van der Waals surface area contributed by atoms with E-state index < -0.39 is 5.82 Å². The lowest BCUT2D eigenvalue weighted by Crippen LogP contribution is -2.33. The van der Waals surface area contributed by atoms with Gasteiger partial charge in [0.2, 0.25) is 11.8 Å². The van der Waals surface area contributed by atoms with E-state index in [4.69, 9.17) is 9.15 Å². The van der Waals surface area contributed by atoms with Crippen LogP contribution in [0, 0.1) is 5.82 Å². The predicted molar refractivity (Wildman–Crippen MR) is 105 cm³/mol. The maximum Gasteiger partial charge on any atom is 0.243 e. The standard InChI is InChI=1S/C22H21FN2O4/c23-18-6-1-4-16(10-18)12-21(26)24-13-22(27)25-19-7-2-5-17(11-19)14-28-15-20-8-3-9-29-20/h1-11H,12-15H2,(H,24,26)(H,25,27). The molecule has 2 N–H and O–H groups in total. The van der Waals surface area contributed by atoms with Crippen molar-refractivity contribution in [2.24, 2.45) is 0 Å². The Balaban J connectivity index is 1.42. The fourth-order valence-corrected chi connectivity index (χ4v) is 2.68. The SMILES string of the molecule is O=C(Cc1cccc(F)c1)NCC(=O)Nc1cccc(COCc2ccco2)c1. The molecule has 150 valence electrons. The molecule has 1 heterocycles. The molecule has 0 bridgehead atoms. The first kappa shape index (κ1) is 20.3. The number of halogens is 1. The molecule has 0 atom stereocenters. The summed E-state index contributed by atoms with van der Waals surface area (Å²) < 4.78 is 23.9. The number of hydrogen-bond acceptors (Lipinski definition) is 4. The van der Waals surface area contributed by atoms with Crippen LogP contribution in [0.2, 0.25) is 0 Å². The van der Waals surface area contributed by atoms with Crippen LogP contribution in [0.3, 0.4) is 0 Å². The lowest BCUT2D eigenvalue weighted by Gasteiger charge is -2.09. The fourth-order valence-electron chi connectivity index (χ4n) is 2.68. The number of nitrogens with one attached hydrogen (secondary N) is 2. The number of hydrogen-bond donors (Lipinski definition) is 2. The first-order valence-electron chi connectivity index (χ1n) is 9.08. The highest BCUT2D eigenvalue weighted by atomic mass is 19.1. The van der Waals surface area contributed by atoms with Gasteiger partial charge in [0.1, 0.15) is 18.2 Å². The van der Waals surface area contributed by atoms with Gasteiger partial charge in [-0.2, -0.15) is 0 Å². The number of carbonyl (C=O) groups is 2. The van der Waals surface area contributed by atoms with E-state index in [0.717, 1.165) is 11.3 Å². The Kier molecular flexibility index (Phi) is 7.13. The summed E-state index contributed by atoms with van der Waals surface area (Å²) in [6.07, 6.45) is 1.60. The van der Waals surface area contributed by atoms with Gasteiger partial charge in [-0.3, -0.25) is 9.59 Å². The second-order valence-corrected chi connectivity index (χ2v) is 6.40. The van der Waals surface area contributed by atoms with Crippen LogP contribution in [0.25, 0.3) is 0 Å². The van der Waals surface area contributed by atoms with Crippen LogP contribution in [-0.4, -0.2) is 18.4 Å². The molecule has 3 rings (SSSR count). The summed E-state index contributed by atoms with van der Waals surface area (Å²) in [5, 5.41) is 5.25. The van der Waals surface area contributed by atoms with Gasteiger partial charge in [0.15, 0.2) is 0 Å². The predicted octanol–water partition coefficient (Wildman–Crippen LogP) is 3.43. The zero-order chi connectivity index (χ0) is 20.5. The zero-order valence-electron chi connectivity index (χ0n) is 15.7. The molecule has 2 amide bonds. The molecule has 0 aliphatic heterocycles. The molecule has 0 saturated heterocycles. The van der Waals surface area contributed by atoms with Gasteiger partial charge in [0, 0.05) is 5.69 Å². The molecule has 0 saturated carbocycles. The van der Waals surface area contributed by atoms with Gasteiger partial charge in [-0.25, -0.2) is 4.39 Å². The Hall–Kier alpha value is -3.45. The Morgan fingerprint density at radius 2 is 1.76 bits per heavy atom. The minimum Gasteiger partial charge on any atom is -0.467 e. The smallest absolute Gasteiger partial charge is 0.243 e. The van der Waals surface area contributed by atoms with Gasteiger partial charge in [0.05, 0.1) is 25.8 Å². The molecule has 2 aromatic carbocycles. The second-order valence-electron chi connectivity index (χ2n) is 6.40. The quantitative estimate of drug-likeness (QED) is 0.581. The molecule has 1 aromatic heterocycles. The highest BCUT2D eigenvalue weighted by Gasteiger charge is 2.08. The normalized spacial score (nSPS) is 10.5. The molecular formula is C22H21FN2O4. The molecule has 0 aliphatic rings. The molecule has 6 nitrogen and oxygen atoms in total. The van der Waals surface area contributed by atoms with Crippen molar-refractivity contribution in [3.05, 3.63) is 89.6 Å². The lowest BCUT2D eigenvalue weighted by molar-refractivity contribution is -0.123. The van der Waals surface area contributed by atoms with Gasteiger partial charge in [0.25, 0.3) is 0 Å². The van der Waals surface area contributed by atoms with E-state index in [-0.39, 0.29) is 24.8 Å². The van der Waals surface area contributed by atoms with E-state index in [1.807, 2.05) is 18.2 Å². The van der Waals surface area contributed by atoms with Gasteiger partial charge in [-0.15, -0.1) is 0 Å². The maximum atomic E-state index is 13.1. The van der Waals surface area contributed by atoms with E-state index in [9.17, 15) is 14.0 Å². The molecule has 7 heteroatoms. The Morgan fingerprint density at radius 1 is 0.931 bits per heavy atom. The van der Waals surface area contributed by atoms with E-state index in [2.05, 4.69) is 10.6 Å². The van der Waals surface area contributed by atoms with Gasteiger partial charge in [-0.1, -0.05) is 24.3 Å². The van der Waals surface area contributed by atoms with Crippen molar-refractivity contribution in [3.63, 3.8) is 0 Å². The van der Waals surface area contributed by atoms with Crippen molar-refractivity contribution in [2.45, 2.75) is 19.6 Å². The Morgan fingerprint density at radius 3 is 2.55 bits per heavy atom. The van der Waals surface area contributed by atoms with Gasteiger partial charge >= 0.3 is 0 Å². The maximum absolute atomic E-state index is 13.1. The number of furan rings is 1. The van der Waals surface area contributed by atoms with Crippen LogP contribution in [0.1, 0.15) is 16.9 Å². The molecule has 3 aromatic rings. The van der Waals surface area contributed by atoms with Crippen molar-refractivity contribution in [1.29, 1.82) is 0 Å². The minimum absolute atomic E-state index is 0.00747. The van der Waals surface area contributed by atoms with Gasteiger partial charge in [-0.05, 0) is 47.5 Å². The van der Waals surface area contributed by atoms with Crippen molar-refractivity contribution in [2.75, 3.05) is 11.9 Å². The third kappa shape index (κ3) is 6.90.